The predicted octanol–water partition coefficient (Wildman–Crippen LogP) is 3.31. The lowest BCUT2D eigenvalue weighted by atomic mass is 9.88. The highest BCUT2D eigenvalue weighted by Gasteiger charge is 2.51. The highest BCUT2D eigenvalue weighted by Crippen LogP contribution is 2.44. The van der Waals surface area contributed by atoms with E-state index in [1.54, 1.807) is 0 Å². The minimum atomic E-state index is -0.371. The minimum absolute atomic E-state index is 0.371. The van der Waals surface area contributed by atoms with Gasteiger partial charge in [-0.15, -0.1) is 0 Å². The molecule has 0 aromatic heterocycles. The van der Waals surface area contributed by atoms with Crippen molar-refractivity contribution < 1.29 is 5.11 Å². The molecule has 1 saturated carbocycles. The SMILES string of the molecule is OC1(C2CC2)CN(Cc2ccc(-c3ccccc3)cc2)C1. The van der Waals surface area contributed by atoms with Crippen LogP contribution in [0.3, 0.4) is 0 Å². The summed E-state index contributed by atoms with van der Waals surface area (Å²) in [5, 5.41) is 10.3. The molecule has 1 aliphatic heterocycles. The zero-order valence-corrected chi connectivity index (χ0v) is 12.2. The van der Waals surface area contributed by atoms with E-state index in [-0.39, 0.29) is 5.60 Å². The molecule has 0 unspecified atom stereocenters. The Hall–Kier alpha value is -1.64. The molecule has 0 radical (unpaired) electrons. The lowest BCUT2D eigenvalue weighted by molar-refractivity contribution is -0.116. The van der Waals surface area contributed by atoms with Crippen molar-refractivity contribution >= 4 is 0 Å². The fourth-order valence-electron chi connectivity index (χ4n) is 3.41. The molecular formula is C19H21NO. The molecule has 1 N–H and O–H groups in total. The normalized spacial score (nSPS) is 21.0. The van der Waals surface area contributed by atoms with E-state index >= 15 is 0 Å². The predicted molar refractivity (Wildman–Crippen MR) is 84.8 cm³/mol. The van der Waals surface area contributed by atoms with Gasteiger partial charge < -0.3 is 5.11 Å². The van der Waals surface area contributed by atoms with Crippen LogP contribution in [0.5, 0.6) is 0 Å². The zero-order valence-electron chi connectivity index (χ0n) is 12.2. The van der Waals surface area contributed by atoms with Crippen LogP contribution in [0.4, 0.5) is 0 Å². The van der Waals surface area contributed by atoms with Crippen molar-refractivity contribution in [2.24, 2.45) is 5.92 Å². The van der Waals surface area contributed by atoms with Crippen molar-refractivity contribution in [2.45, 2.75) is 25.0 Å². The van der Waals surface area contributed by atoms with Crippen molar-refractivity contribution in [1.29, 1.82) is 0 Å². The van der Waals surface area contributed by atoms with Crippen molar-refractivity contribution in [2.75, 3.05) is 13.1 Å². The monoisotopic (exact) mass is 279 g/mol. The van der Waals surface area contributed by atoms with Crippen LogP contribution in [-0.4, -0.2) is 28.7 Å². The van der Waals surface area contributed by atoms with Gasteiger partial charge in [-0.1, -0.05) is 54.6 Å². The molecule has 2 aromatic carbocycles. The Bertz CT molecular complexity index is 610. The van der Waals surface area contributed by atoms with Gasteiger partial charge in [0.25, 0.3) is 0 Å². The first kappa shape index (κ1) is 13.1. The quantitative estimate of drug-likeness (QED) is 0.928. The molecule has 0 bridgehead atoms. The van der Waals surface area contributed by atoms with Crippen LogP contribution in [0.1, 0.15) is 18.4 Å². The lowest BCUT2D eigenvalue weighted by Gasteiger charge is -2.47. The van der Waals surface area contributed by atoms with E-state index in [0.717, 1.165) is 19.6 Å². The third-order valence-electron chi connectivity index (χ3n) is 4.80. The Morgan fingerprint density at radius 3 is 2.14 bits per heavy atom. The first-order chi connectivity index (χ1) is 10.2. The summed E-state index contributed by atoms with van der Waals surface area (Å²) < 4.78 is 0. The van der Waals surface area contributed by atoms with Gasteiger partial charge in [0, 0.05) is 19.6 Å². The lowest BCUT2D eigenvalue weighted by Crippen LogP contribution is -2.62. The van der Waals surface area contributed by atoms with Crippen molar-refractivity contribution in [3.8, 4) is 11.1 Å². The average Bonchev–Trinajstić information content (AvgIpc) is 3.32. The Morgan fingerprint density at radius 2 is 1.52 bits per heavy atom. The summed E-state index contributed by atoms with van der Waals surface area (Å²) in [5.74, 6) is 0.578. The second-order valence-electron chi connectivity index (χ2n) is 6.59. The van der Waals surface area contributed by atoms with E-state index in [0.29, 0.717) is 5.92 Å². The maximum atomic E-state index is 10.3. The van der Waals surface area contributed by atoms with Gasteiger partial charge in [0.1, 0.15) is 0 Å². The van der Waals surface area contributed by atoms with Gasteiger partial charge in [-0.2, -0.15) is 0 Å². The van der Waals surface area contributed by atoms with E-state index in [1.165, 1.54) is 29.5 Å². The summed E-state index contributed by atoms with van der Waals surface area (Å²) in [7, 11) is 0. The van der Waals surface area contributed by atoms with Gasteiger partial charge in [-0.05, 0) is 35.4 Å². The molecule has 2 nitrogen and oxygen atoms in total. The van der Waals surface area contributed by atoms with Crippen LogP contribution in [0, 0.1) is 5.92 Å². The van der Waals surface area contributed by atoms with Crippen molar-refractivity contribution in [3.05, 3.63) is 60.2 Å². The Labute approximate surface area is 126 Å². The van der Waals surface area contributed by atoms with Crippen LogP contribution < -0.4 is 0 Å². The standard InChI is InChI=1S/C19H21NO/c21-19(18-10-11-18)13-20(14-19)12-15-6-8-17(9-7-15)16-4-2-1-3-5-16/h1-9,18,21H,10-14H2. The molecule has 21 heavy (non-hydrogen) atoms. The van der Waals surface area contributed by atoms with Crippen LogP contribution in [-0.2, 0) is 6.54 Å². The van der Waals surface area contributed by atoms with Crippen LogP contribution in [0.15, 0.2) is 54.6 Å². The molecule has 0 atom stereocenters. The first-order valence-electron chi connectivity index (χ1n) is 7.82. The largest absolute Gasteiger partial charge is 0.387 e. The van der Waals surface area contributed by atoms with Crippen LogP contribution in [0.25, 0.3) is 11.1 Å². The van der Waals surface area contributed by atoms with Crippen LogP contribution >= 0.6 is 0 Å². The van der Waals surface area contributed by atoms with Gasteiger partial charge in [0.2, 0.25) is 0 Å². The molecule has 1 saturated heterocycles. The molecule has 2 aliphatic rings. The number of β-amino-alcohol motifs (C(OH)–C–C–N with tert-alkyl or cyclic N) is 1. The Balaban J connectivity index is 1.39. The molecule has 1 aliphatic carbocycles. The Morgan fingerprint density at radius 1 is 0.905 bits per heavy atom. The van der Waals surface area contributed by atoms with Gasteiger partial charge in [0.15, 0.2) is 0 Å². The average molecular weight is 279 g/mol. The molecule has 2 fully saturated rings. The minimum Gasteiger partial charge on any atom is -0.387 e. The maximum Gasteiger partial charge on any atom is 0.0928 e. The molecule has 0 spiro atoms. The third-order valence-corrected chi connectivity index (χ3v) is 4.80. The van der Waals surface area contributed by atoms with E-state index in [2.05, 4.69) is 53.4 Å². The number of hydrogen-bond acceptors (Lipinski definition) is 2. The molecule has 108 valence electrons. The number of benzene rings is 2. The summed E-state index contributed by atoms with van der Waals surface area (Å²) >= 11 is 0. The van der Waals surface area contributed by atoms with Crippen molar-refractivity contribution in [3.63, 3.8) is 0 Å². The highest BCUT2D eigenvalue weighted by molar-refractivity contribution is 5.63. The van der Waals surface area contributed by atoms with E-state index in [1.807, 2.05) is 6.07 Å². The second-order valence-corrected chi connectivity index (χ2v) is 6.59. The zero-order chi connectivity index (χ0) is 14.3. The fraction of sp³-hybridized carbons (Fsp3) is 0.368. The highest BCUT2D eigenvalue weighted by atomic mass is 16.3. The third kappa shape index (κ3) is 2.61. The van der Waals surface area contributed by atoms with Gasteiger partial charge in [-0.3, -0.25) is 4.90 Å². The maximum absolute atomic E-state index is 10.3. The smallest absolute Gasteiger partial charge is 0.0928 e. The van der Waals surface area contributed by atoms with E-state index in [4.69, 9.17) is 0 Å². The van der Waals surface area contributed by atoms with E-state index in [9.17, 15) is 5.11 Å². The topological polar surface area (TPSA) is 23.5 Å². The number of rotatable bonds is 4. The van der Waals surface area contributed by atoms with Gasteiger partial charge in [0.05, 0.1) is 5.60 Å². The second kappa shape index (κ2) is 4.97. The summed E-state index contributed by atoms with van der Waals surface area (Å²) in [5.41, 5.74) is 3.48. The Kier molecular flexibility index (Phi) is 3.09. The number of aliphatic hydroxyl groups is 1. The van der Waals surface area contributed by atoms with Crippen LogP contribution in [0.2, 0.25) is 0 Å². The summed E-state index contributed by atoms with van der Waals surface area (Å²) in [6.45, 7) is 2.64. The summed E-state index contributed by atoms with van der Waals surface area (Å²) in [6, 6.07) is 19.3. The molecule has 1 heterocycles. The van der Waals surface area contributed by atoms with E-state index < -0.39 is 0 Å². The van der Waals surface area contributed by atoms with Crippen molar-refractivity contribution in [1.82, 2.24) is 4.90 Å². The van der Waals surface area contributed by atoms with Gasteiger partial charge in [-0.25, -0.2) is 0 Å². The van der Waals surface area contributed by atoms with Gasteiger partial charge >= 0.3 is 0 Å². The first-order valence-corrected chi connectivity index (χ1v) is 7.82. The summed E-state index contributed by atoms with van der Waals surface area (Å²) in [6.07, 6.45) is 2.44. The number of likely N-dealkylation sites (tertiary alicyclic amines) is 1. The fourth-order valence-corrected chi connectivity index (χ4v) is 3.41. The molecule has 2 heteroatoms. The molecule has 4 rings (SSSR count). The summed E-state index contributed by atoms with van der Waals surface area (Å²) in [4.78, 5) is 2.34. The number of hydrogen-bond donors (Lipinski definition) is 1. The molecular weight excluding hydrogens is 258 g/mol. The number of nitrogens with zero attached hydrogens (tertiary/aromatic N) is 1. The molecule has 2 aromatic rings. The molecule has 0 amide bonds.